The van der Waals surface area contributed by atoms with Crippen LogP contribution in [0.4, 0.5) is 11.4 Å². The van der Waals surface area contributed by atoms with E-state index in [1.165, 1.54) is 6.08 Å². The quantitative estimate of drug-likeness (QED) is 0.809. The Balaban J connectivity index is 1.93. The highest BCUT2D eigenvalue weighted by atomic mass is 16.2. The average Bonchev–Trinajstić information content (AvgIpc) is 2.55. The molecule has 2 N–H and O–H groups in total. The van der Waals surface area contributed by atoms with Crippen molar-refractivity contribution in [3.63, 3.8) is 0 Å². The van der Waals surface area contributed by atoms with Crippen molar-refractivity contribution in [2.24, 2.45) is 5.92 Å². The fourth-order valence-corrected chi connectivity index (χ4v) is 2.05. The molecule has 0 aromatic heterocycles. The summed E-state index contributed by atoms with van der Waals surface area (Å²) in [7, 11) is 0. The summed E-state index contributed by atoms with van der Waals surface area (Å²) in [5.74, 6) is -0.306. The van der Waals surface area contributed by atoms with Gasteiger partial charge in [-0.2, -0.15) is 0 Å². The Morgan fingerprint density at radius 3 is 2.17 bits per heavy atom. The zero-order valence-electron chi connectivity index (χ0n) is 14.2. The van der Waals surface area contributed by atoms with Gasteiger partial charge in [0.1, 0.15) is 0 Å². The molecule has 0 spiro atoms. The number of nitrogens with one attached hydrogen (secondary N) is 2. The largest absolute Gasteiger partial charge is 0.326 e. The zero-order chi connectivity index (χ0) is 17.5. The van der Waals surface area contributed by atoms with Crippen LogP contribution in [0.25, 0.3) is 6.08 Å². The predicted molar refractivity (Wildman–Crippen MR) is 98.8 cm³/mol. The van der Waals surface area contributed by atoms with E-state index in [0.717, 1.165) is 11.1 Å². The first-order valence-corrected chi connectivity index (χ1v) is 7.91. The van der Waals surface area contributed by atoms with Crippen LogP contribution in [-0.2, 0) is 9.59 Å². The van der Waals surface area contributed by atoms with E-state index in [4.69, 9.17) is 0 Å². The predicted octanol–water partition coefficient (Wildman–Crippen LogP) is 4.24. The van der Waals surface area contributed by atoms with Gasteiger partial charge in [-0.3, -0.25) is 9.59 Å². The van der Waals surface area contributed by atoms with Crippen LogP contribution in [0.2, 0.25) is 0 Å². The Labute approximate surface area is 142 Å². The Kier molecular flexibility index (Phi) is 5.90. The molecule has 0 radical (unpaired) electrons. The Bertz CT molecular complexity index is 746. The highest BCUT2D eigenvalue weighted by molar-refractivity contribution is 6.02. The van der Waals surface area contributed by atoms with Crippen molar-refractivity contribution < 1.29 is 9.59 Å². The molecule has 4 nitrogen and oxygen atoms in total. The molecule has 124 valence electrons. The first kappa shape index (κ1) is 17.5. The number of hydrogen-bond acceptors (Lipinski definition) is 2. The van der Waals surface area contributed by atoms with Gasteiger partial charge >= 0.3 is 0 Å². The monoisotopic (exact) mass is 322 g/mol. The molecule has 0 atom stereocenters. The smallest absolute Gasteiger partial charge is 0.248 e. The molecular weight excluding hydrogens is 300 g/mol. The van der Waals surface area contributed by atoms with Crippen molar-refractivity contribution >= 4 is 29.3 Å². The lowest BCUT2D eigenvalue weighted by molar-refractivity contribution is -0.119. The van der Waals surface area contributed by atoms with Crippen molar-refractivity contribution in [3.8, 4) is 0 Å². The van der Waals surface area contributed by atoms with Gasteiger partial charge in [-0.25, -0.2) is 0 Å². The standard InChI is InChI=1S/C20H22N2O2/c1-14(2)20(24)22-18-10-8-17(9-11-18)21-19(23)12-7-16-6-4-5-15(3)13-16/h4-14H,1-3H3,(H,21,23)(H,22,24). The highest BCUT2D eigenvalue weighted by Gasteiger charge is 2.06. The van der Waals surface area contributed by atoms with Crippen molar-refractivity contribution in [3.05, 3.63) is 65.7 Å². The van der Waals surface area contributed by atoms with Crippen molar-refractivity contribution in [1.29, 1.82) is 0 Å². The molecule has 4 heteroatoms. The number of amides is 2. The molecule has 0 saturated carbocycles. The van der Waals surface area contributed by atoms with Gasteiger partial charge in [0.05, 0.1) is 0 Å². The van der Waals surface area contributed by atoms with Crippen LogP contribution >= 0.6 is 0 Å². The SMILES string of the molecule is Cc1cccc(C=CC(=O)Nc2ccc(NC(=O)C(C)C)cc2)c1. The summed E-state index contributed by atoms with van der Waals surface area (Å²) in [6.45, 7) is 5.69. The molecule has 0 fully saturated rings. The van der Waals surface area contributed by atoms with E-state index < -0.39 is 0 Å². The summed E-state index contributed by atoms with van der Waals surface area (Å²) in [4.78, 5) is 23.6. The lowest BCUT2D eigenvalue weighted by Crippen LogP contribution is -2.17. The molecule has 0 saturated heterocycles. The number of carbonyl (C=O) groups is 2. The fourth-order valence-electron chi connectivity index (χ4n) is 2.05. The molecule has 0 unspecified atom stereocenters. The molecule has 2 aromatic rings. The van der Waals surface area contributed by atoms with Crippen LogP contribution in [0.3, 0.4) is 0 Å². The second-order valence-corrected chi connectivity index (χ2v) is 5.96. The first-order chi connectivity index (χ1) is 11.4. The minimum atomic E-state index is -0.199. The van der Waals surface area contributed by atoms with Gasteiger partial charge in [0.25, 0.3) is 0 Å². The molecular formula is C20H22N2O2. The van der Waals surface area contributed by atoms with Gasteiger partial charge in [-0.15, -0.1) is 0 Å². The molecule has 24 heavy (non-hydrogen) atoms. The van der Waals surface area contributed by atoms with Gasteiger partial charge in [0, 0.05) is 23.4 Å². The molecule has 2 amide bonds. The molecule has 2 aromatic carbocycles. The maximum Gasteiger partial charge on any atom is 0.248 e. The minimum absolute atomic E-state index is 0.0344. The van der Waals surface area contributed by atoms with Crippen molar-refractivity contribution in [2.75, 3.05) is 10.6 Å². The summed E-state index contributed by atoms with van der Waals surface area (Å²) in [5.41, 5.74) is 3.52. The number of anilines is 2. The van der Waals surface area contributed by atoms with E-state index in [9.17, 15) is 9.59 Å². The lowest BCUT2D eigenvalue weighted by Gasteiger charge is -2.08. The van der Waals surface area contributed by atoms with Crippen LogP contribution in [0.15, 0.2) is 54.6 Å². The molecule has 0 aliphatic heterocycles. The molecule has 0 aliphatic carbocycles. The van der Waals surface area contributed by atoms with Crippen LogP contribution in [-0.4, -0.2) is 11.8 Å². The molecule has 2 rings (SSSR count). The number of hydrogen-bond donors (Lipinski definition) is 2. The number of carbonyl (C=O) groups excluding carboxylic acids is 2. The van der Waals surface area contributed by atoms with Gasteiger partial charge < -0.3 is 10.6 Å². The van der Waals surface area contributed by atoms with Crippen LogP contribution in [0.1, 0.15) is 25.0 Å². The number of benzene rings is 2. The van der Waals surface area contributed by atoms with Gasteiger partial charge in [-0.05, 0) is 42.8 Å². The Hall–Kier alpha value is -2.88. The van der Waals surface area contributed by atoms with Gasteiger partial charge in [0.15, 0.2) is 0 Å². The Morgan fingerprint density at radius 1 is 0.958 bits per heavy atom. The number of rotatable bonds is 5. The summed E-state index contributed by atoms with van der Waals surface area (Å²) in [6.07, 6.45) is 3.28. The average molecular weight is 322 g/mol. The van der Waals surface area contributed by atoms with Crippen LogP contribution < -0.4 is 10.6 Å². The second-order valence-electron chi connectivity index (χ2n) is 5.96. The number of aryl methyl sites for hydroxylation is 1. The third kappa shape index (κ3) is 5.39. The molecule has 0 heterocycles. The van der Waals surface area contributed by atoms with E-state index in [1.807, 2.05) is 45.0 Å². The fraction of sp³-hybridized carbons (Fsp3) is 0.200. The second kappa shape index (κ2) is 8.11. The van der Waals surface area contributed by atoms with Gasteiger partial charge in [0.2, 0.25) is 11.8 Å². The molecule has 0 aliphatic rings. The van der Waals surface area contributed by atoms with Crippen LogP contribution in [0.5, 0.6) is 0 Å². The molecule has 0 bridgehead atoms. The lowest BCUT2D eigenvalue weighted by atomic mass is 10.1. The van der Waals surface area contributed by atoms with E-state index in [-0.39, 0.29) is 17.7 Å². The summed E-state index contributed by atoms with van der Waals surface area (Å²) in [6, 6.07) is 15.0. The van der Waals surface area contributed by atoms with Crippen molar-refractivity contribution in [2.45, 2.75) is 20.8 Å². The van der Waals surface area contributed by atoms with Crippen molar-refractivity contribution in [1.82, 2.24) is 0 Å². The third-order valence-corrected chi connectivity index (χ3v) is 3.41. The van der Waals surface area contributed by atoms with E-state index >= 15 is 0 Å². The summed E-state index contributed by atoms with van der Waals surface area (Å²) >= 11 is 0. The van der Waals surface area contributed by atoms with E-state index in [0.29, 0.717) is 11.4 Å². The first-order valence-electron chi connectivity index (χ1n) is 7.91. The highest BCUT2D eigenvalue weighted by Crippen LogP contribution is 2.14. The normalized spacial score (nSPS) is 10.8. The maximum absolute atomic E-state index is 12.0. The maximum atomic E-state index is 12.0. The summed E-state index contributed by atoms with van der Waals surface area (Å²) < 4.78 is 0. The van der Waals surface area contributed by atoms with Crippen LogP contribution in [0, 0.1) is 12.8 Å². The third-order valence-electron chi connectivity index (χ3n) is 3.41. The minimum Gasteiger partial charge on any atom is -0.326 e. The summed E-state index contributed by atoms with van der Waals surface area (Å²) in [5, 5.41) is 5.60. The van der Waals surface area contributed by atoms with E-state index in [2.05, 4.69) is 10.6 Å². The van der Waals surface area contributed by atoms with E-state index in [1.54, 1.807) is 30.3 Å². The zero-order valence-corrected chi connectivity index (χ0v) is 14.2. The topological polar surface area (TPSA) is 58.2 Å². The Morgan fingerprint density at radius 2 is 1.58 bits per heavy atom. The van der Waals surface area contributed by atoms with Gasteiger partial charge in [-0.1, -0.05) is 43.7 Å².